The number of hydrogen-bond donors (Lipinski definition) is 0. The van der Waals surface area contributed by atoms with Crippen LogP contribution >= 0.6 is 0 Å². The molecule has 6 aromatic rings. The summed E-state index contributed by atoms with van der Waals surface area (Å²) in [7, 11) is 0. The predicted octanol–water partition coefficient (Wildman–Crippen LogP) is 10.4. The molecule has 6 aromatic carbocycles. The van der Waals surface area contributed by atoms with Crippen LogP contribution in [0.5, 0.6) is 34.5 Å². The second-order valence-corrected chi connectivity index (χ2v) is 8.98. The molecule has 0 atom stereocenters. The second kappa shape index (κ2) is 11.4. The molecule has 188 valence electrons. The van der Waals surface area contributed by atoms with Gasteiger partial charge < -0.3 is 14.2 Å². The van der Waals surface area contributed by atoms with Crippen LogP contribution in [0.4, 0.5) is 0 Å². The monoisotopic (exact) mass is 506 g/mol. The van der Waals surface area contributed by atoms with Crippen LogP contribution in [0, 0.1) is 0 Å². The summed E-state index contributed by atoms with van der Waals surface area (Å²) < 4.78 is 18.8. The quantitative estimate of drug-likeness (QED) is 0.205. The first-order valence-corrected chi connectivity index (χ1v) is 12.8. The molecule has 0 aliphatic carbocycles. The molecule has 39 heavy (non-hydrogen) atoms. The van der Waals surface area contributed by atoms with Crippen LogP contribution in [-0.2, 0) is 0 Å². The summed E-state index contributed by atoms with van der Waals surface area (Å²) in [5, 5.41) is 0. The SMILES string of the molecule is c1ccc(Oc2ccccc2Oc2cccc(Oc3ccc(-c4ccccc4)cc3-c3ccccc3)c2)cc1. The van der Waals surface area contributed by atoms with Crippen molar-refractivity contribution in [2.45, 2.75) is 0 Å². The summed E-state index contributed by atoms with van der Waals surface area (Å²) in [4.78, 5) is 0. The third kappa shape index (κ3) is 5.84. The summed E-state index contributed by atoms with van der Waals surface area (Å²) >= 11 is 0. The highest BCUT2D eigenvalue weighted by Crippen LogP contribution is 2.39. The van der Waals surface area contributed by atoms with E-state index in [1.165, 1.54) is 0 Å². The van der Waals surface area contributed by atoms with E-state index in [2.05, 4.69) is 48.5 Å². The van der Waals surface area contributed by atoms with Crippen LogP contribution in [-0.4, -0.2) is 0 Å². The zero-order valence-electron chi connectivity index (χ0n) is 21.2. The molecule has 0 aliphatic rings. The van der Waals surface area contributed by atoms with Crippen LogP contribution in [0.1, 0.15) is 0 Å². The number of ether oxygens (including phenoxy) is 3. The van der Waals surface area contributed by atoms with E-state index in [4.69, 9.17) is 14.2 Å². The fourth-order valence-corrected chi connectivity index (χ4v) is 4.36. The van der Waals surface area contributed by atoms with Crippen molar-refractivity contribution in [1.82, 2.24) is 0 Å². The van der Waals surface area contributed by atoms with Crippen LogP contribution in [0.3, 0.4) is 0 Å². The summed E-state index contributed by atoms with van der Waals surface area (Å²) in [5.74, 6) is 4.11. The van der Waals surface area contributed by atoms with E-state index in [0.29, 0.717) is 23.0 Å². The van der Waals surface area contributed by atoms with Crippen LogP contribution in [0.2, 0.25) is 0 Å². The molecule has 0 heterocycles. The van der Waals surface area contributed by atoms with Gasteiger partial charge in [0.1, 0.15) is 23.0 Å². The molecule has 0 aliphatic heterocycles. The van der Waals surface area contributed by atoms with Gasteiger partial charge in [-0.2, -0.15) is 0 Å². The minimum Gasteiger partial charge on any atom is -0.457 e. The zero-order chi connectivity index (χ0) is 26.3. The average molecular weight is 507 g/mol. The Kier molecular flexibility index (Phi) is 7.04. The van der Waals surface area contributed by atoms with Gasteiger partial charge in [-0.15, -0.1) is 0 Å². The fourth-order valence-electron chi connectivity index (χ4n) is 4.36. The van der Waals surface area contributed by atoms with Crippen molar-refractivity contribution in [1.29, 1.82) is 0 Å². The van der Waals surface area contributed by atoms with Gasteiger partial charge in [0.05, 0.1) is 0 Å². The molecule has 3 heteroatoms. The van der Waals surface area contributed by atoms with Crippen LogP contribution < -0.4 is 14.2 Å². The predicted molar refractivity (Wildman–Crippen MR) is 157 cm³/mol. The Morgan fingerprint density at radius 1 is 0.282 bits per heavy atom. The number of rotatable bonds is 8. The molecule has 6 rings (SSSR count). The second-order valence-electron chi connectivity index (χ2n) is 8.98. The van der Waals surface area contributed by atoms with Crippen molar-refractivity contribution in [3.05, 3.63) is 158 Å². The Labute approximate surface area is 228 Å². The lowest BCUT2D eigenvalue weighted by Gasteiger charge is -2.15. The molecule has 0 N–H and O–H groups in total. The van der Waals surface area contributed by atoms with Crippen LogP contribution in [0.15, 0.2) is 158 Å². The molecular formula is C36H26O3. The first kappa shape index (κ1) is 24.1. The molecule has 0 saturated heterocycles. The Hall–Kier alpha value is -5.28. The van der Waals surface area contributed by atoms with Crippen molar-refractivity contribution in [3.63, 3.8) is 0 Å². The highest BCUT2D eigenvalue weighted by atomic mass is 16.5. The zero-order valence-corrected chi connectivity index (χ0v) is 21.2. The lowest BCUT2D eigenvalue weighted by atomic mass is 9.98. The highest BCUT2D eigenvalue weighted by molar-refractivity contribution is 5.78. The molecule has 0 radical (unpaired) electrons. The van der Waals surface area contributed by atoms with Gasteiger partial charge in [0.15, 0.2) is 11.5 Å². The van der Waals surface area contributed by atoms with E-state index in [-0.39, 0.29) is 0 Å². The topological polar surface area (TPSA) is 27.7 Å². The fraction of sp³-hybridized carbons (Fsp3) is 0. The minimum absolute atomic E-state index is 0.621. The van der Waals surface area contributed by atoms with Gasteiger partial charge in [0.25, 0.3) is 0 Å². The third-order valence-corrected chi connectivity index (χ3v) is 6.25. The smallest absolute Gasteiger partial charge is 0.169 e. The van der Waals surface area contributed by atoms with Gasteiger partial charge in [-0.1, -0.05) is 103 Å². The standard InChI is InChI=1S/C36H26O3/c1-4-13-27(14-5-1)29-23-24-34(33(25-29)28-15-6-2-7-16-28)38-31-19-12-20-32(26-31)39-36-22-11-10-21-35(36)37-30-17-8-3-9-18-30/h1-26H. The van der Waals surface area contributed by atoms with Crippen molar-refractivity contribution >= 4 is 0 Å². The Bertz CT molecular complexity index is 1660. The van der Waals surface area contributed by atoms with Crippen molar-refractivity contribution in [3.8, 4) is 56.8 Å². The first-order chi connectivity index (χ1) is 19.3. The van der Waals surface area contributed by atoms with Crippen LogP contribution in [0.25, 0.3) is 22.3 Å². The minimum atomic E-state index is 0.621. The Morgan fingerprint density at radius 2 is 0.769 bits per heavy atom. The molecule has 3 nitrogen and oxygen atoms in total. The third-order valence-electron chi connectivity index (χ3n) is 6.25. The molecule has 0 aromatic heterocycles. The normalized spacial score (nSPS) is 10.6. The molecule has 0 spiro atoms. The van der Waals surface area contributed by atoms with E-state index in [1.54, 1.807) is 0 Å². The van der Waals surface area contributed by atoms with Gasteiger partial charge in [0.2, 0.25) is 0 Å². The number of para-hydroxylation sites is 3. The molecular weight excluding hydrogens is 480 g/mol. The average Bonchev–Trinajstić information content (AvgIpc) is 3.00. The maximum Gasteiger partial charge on any atom is 0.169 e. The van der Waals surface area contributed by atoms with Gasteiger partial charge >= 0.3 is 0 Å². The first-order valence-electron chi connectivity index (χ1n) is 12.8. The van der Waals surface area contributed by atoms with E-state index < -0.39 is 0 Å². The van der Waals surface area contributed by atoms with Crippen molar-refractivity contribution in [2.24, 2.45) is 0 Å². The lowest BCUT2D eigenvalue weighted by Crippen LogP contribution is -1.92. The van der Waals surface area contributed by atoms with Gasteiger partial charge in [-0.05, 0) is 65.2 Å². The molecule has 0 saturated carbocycles. The van der Waals surface area contributed by atoms with E-state index in [1.807, 2.05) is 109 Å². The summed E-state index contributed by atoms with van der Waals surface area (Å²) in [5.41, 5.74) is 4.40. The number of benzene rings is 6. The largest absolute Gasteiger partial charge is 0.457 e. The maximum atomic E-state index is 6.45. The Morgan fingerprint density at radius 3 is 1.41 bits per heavy atom. The van der Waals surface area contributed by atoms with Gasteiger partial charge in [-0.3, -0.25) is 0 Å². The molecule has 0 fully saturated rings. The van der Waals surface area contributed by atoms with E-state index in [0.717, 1.165) is 33.8 Å². The summed E-state index contributed by atoms with van der Waals surface area (Å²) in [6.45, 7) is 0. The van der Waals surface area contributed by atoms with E-state index >= 15 is 0 Å². The number of hydrogen-bond acceptors (Lipinski definition) is 3. The molecule has 0 unspecified atom stereocenters. The Balaban J connectivity index is 1.28. The van der Waals surface area contributed by atoms with Crippen molar-refractivity contribution in [2.75, 3.05) is 0 Å². The van der Waals surface area contributed by atoms with Gasteiger partial charge in [0, 0.05) is 11.6 Å². The van der Waals surface area contributed by atoms with Crippen molar-refractivity contribution < 1.29 is 14.2 Å². The summed E-state index contributed by atoms with van der Waals surface area (Å²) in [6, 6.07) is 51.9. The molecule has 0 amide bonds. The van der Waals surface area contributed by atoms with Gasteiger partial charge in [-0.25, -0.2) is 0 Å². The summed E-state index contributed by atoms with van der Waals surface area (Å²) in [6.07, 6.45) is 0. The highest BCUT2D eigenvalue weighted by Gasteiger charge is 2.12. The maximum absolute atomic E-state index is 6.45. The lowest BCUT2D eigenvalue weighted by molar-refractivity contribution is 0.415. The molecule has 0 bridgehead atoms. The van der Waals surface area contributed by atoms with E-state index in [9.17, 15) is 0 Å².